The van der Waals surface area contributed by atoms with Gasteiger partial charge in [-0.25, -0.2) is 0 Å². The van der Waals surface area contributed by atoms with Gasteiger partial charge in [0.25, 0.3) is 5.91 Å². The molecule has 28 heavy (non-hydrogen) atoms. The van der Waals surface area contributed by atoms with Gasteiger partial charge >= 0.3 is 0 Å². The molecule has 3 heteroatoms. The molecule has 0 saturated heterocycles. The average molecular weight is 390 g/mol. The van der Waals surface area contributed by atoms with Crippen LogP contribution < -0.4 is 5.32 Å². The van der Waals surface area contributed by atoms with E-state index in [4.69, 9.17) is 12.6 Å². The second-order valence-corrected chi connectivity index (χ2v) is 8.09. The average Bonchev–Trinajstić information content (AvgIpc) is 2.69. The lowest BCUT2D eigenvalue weighted by atomic mass is 9.97. The van der Waals surface area contributed by atoms with Crippen LogP contribution >= 0.6 is 12.6 Å². The number of carbonyl (C=O) groups is 1. The predicted octanol–water partition coefficient (Wildman–Crippen LogP) is 6.14. The van der Waals surface area contributed by atoms with E-state index < -0.39 is 0 Å². The van der Waals surface area contributed by atoms with Gasteiger partial charge in [0.05, 0.1) is 6.04 Å². The monoisotopic (exact) mass is 389 g/mol. The summed E-state index contributed by atoms with van der Waals surface area (Å²) in [5.74, 6) is -0.0602. The number of carbonyl (C=O) groups excluding carboxylic acids is 1. The number of thiol groups is 1. The Kier molecular flexibility index (Phi) is 6.58. The van der Waals surface area contributed by atoms with Gasteiger partial charge in [-0.1, -0.05) is 77.4 Å². The maximum Gasteiger partial charge on any atom is 0.251 e. The highest BCUT2D eigenvalue weighted by molar-refractivity contribution is 7.80. The van der Waals surface area contributed by atoms with Gasteiger partial charge in [-0.2, -0.15) is 12.6 Å². The number of amides is 1. The van der Waals surface area contributed by atoms with Crippen molar-refractivity contribution in [3.8, 4) is 0 Å². The van der Waals surface area contributed by atoms with Crippen molar-refractivity contribution in [1.29, 1.82) is 0 Å². The molecule has 0 aliphatic rings. The van der Waals surface area contributed by atoms with Crippen molar-refractivity contribution >= 4 is 18.5 Å². The quantitative estimate of drug-likeness (QED) is 0.487. The molecule has 0 heterocycles. The van der Waals surface area contributed by atoms with E-state index in [0.29, 0.717) is 12.0 Å². The lowest BCUT2D eigenvalue weighted by Gasteiger charge is -2.23. The topological polar surface area (TPSA) is 29.1 Å². The van der Waals surface area contributed by atoms with Gasteiger partial charge in [-0.05, 0) is 50.5 Å². The Hall–Kier alpha value is -2.52. The molecule has 144 valence electrons. The van der Waals surface area contributed by atoms with Gasteiger partial charge in [0.2, 0.25) is 0 Å². The number of aryl methyl sites for hydroxylation is 3. The fraction of sp³-hybridized carbons (Fsp3) is 0.240. The molecule has 0 aliphatic heterocycles. The van der Waals surface area contributed by atoms with Crippen LogP contribution in [-0.4, -0.2) is 5.91 Å². The standard InChI is InChI=1S/C25H27NOS/c1-17-4-10-20(11-5-17)23(16-24(28)21-12-6-18(2)7-13-21)26-25(27)22-14-8-19(3)9-15-22/h4-15,23-24,28H,16H2,1-3H3,(H,26,27)/t23-,24+/m1/s1. The van der Waals surface area contributed by atoms with Crippen LogP contribution in [0.2, 0.25) is 0 Å². The Morgan fingerprint density at radius 2 is 1.18 bits per heavy atom. The summed E-state index contributed by atoms with van der Waals surface area (Å²) in [6.07, 6.45) is 0.715. The largest absolute Gasteiger partial charge is 0.345 e. The van der Waals surface area contributed by atoms with Crippen LogP contribution in [0.3, 0.4) is 0 Å². The summed E-state index contributed by atoms with van der Waals surface area (Å²) in [6.45, 7) is 6.16. The molecule has 0 saturated carbocycles. The molecule has 0 unspecified atom stereocenters. The van der Waals surface area contributed by atoms with Crippen molar-refractivity contribution < 1.29 is 4.79 Å². The summed E-state index contributed by atoms with van der Waals surface area (Å²) in [5, 5.41) is 3.25. The smallest absolute Gasteiger partial charge is 0.251 e. The van der Waals surface area contributed by atoms with E-state index in [2.05, 4.69) is 67.7 Å². The fourth-order valence-corrected chi connectivity index (χ4v) is 3.55. The van der Waals surface area contributed by atoms with Crippen molar-refractivity contribution in [2.24, 2.45) is 0 Å². The summed E-state index contributed by atoms with van der Waals surface area (Å²) < 4.78 is 0. The lowest BCUT2D eigenvalue weighted by Crippen LogP contribution is -2.29. The van der Waals surface area contributed by atoms with Crippen molar-refractivity contribution in [3.63, 3.8) is 0 Å². The fourth-order valence-electron chi connectivity index (χ4n) is 3.17. The van der Waals surface area contributed by atoms with Crippen molar-refractivity contribution in [2.75, 3.05) is 0 Å². The van der Waals surface area contributed by atoms with Crippen LogP contribution in [0.15, 0.2) is 72.8 Å². The summed E-state index contributed by atoms with van der Waals surface area (Å²) in [7, 11) is 0. The first-order chi connectivity index (χ1) is 13.4. The summed E-state index contributed by atoms with van der Waals surface area (Å²) >= 11 is 4.84. The van der Waals surface area contributed by atoms with Crippen LogP contribution in [-0.2, 0) is 0 Å². The van der Waals surface area contributed by atoms with Crippen LogP contribution in [0.4, 0.5) is 0 Å². The molecule has 1 amide bonds. The molecular weight excluding hydrogens is 362 g/mol. The summed E-state index contributed by atoms with van der Waals surface area (Å²) in [4.78, 5) is 12.8. The van der Waals surface area contributed by atoms with Crippen LogP contribution in [0.25, 0.3) is 0 Å². The molecule has 2 atom stereocenters. The molecule has 0 bridgehead atoms. The molecule has 0 spiro atoms. The Balaban J connectivity index is 1.82. The predicted molar refractivity (Wildman–Crippen MR) is 120 cm³/mol. The van der Waals surface area contributed by atoms with Gasteiger partial charge in [0.15, 0.2) is 0 Å². The van der Waals surface area contributed by atoms with Crippen molar-refractivity contribution in [2.45, 2.75) is 38.5 Å². The van der Waals surface area contributed by atoms with Crippen LogP contribution in [0.1, 0.15) is 55.9 Å². The highest BCUT2D eigenvalue weighted by Gasteiger charge is 2.20. The first kappa shape index (κ1) is 20.2. The Morgan fingerprint density at radius 3 is 1.68 bits per heavy atom. The number of rotatable bonds is 6. The maximum absolute atomic E-state index is 12.8. The Bertz CT molecular complexity index is 914. The molecule has 2 nitrogen and oxygen atoms in total. The highest BCUT2D eigenvalue weighted by Crippen LogP contribution is 2.31. The van der Waals surface area contributed by atoms with E-state index in [0.717, 1.165) is 16.7 Å². The van der Waals surface area contributed by atoms with Crippen LogP contribution in [0.5, 0.6) is 0 Å². The van der Waals surface area contributed by atoms with E-state index >= 15 is 0 Å². The van der Waals surface area contributed by atoms with Crippen molar-refractivity contribution in [1.82, 2.24) is 5.32 Å². The molecule has 0 fully saturated rings. The van der Waals surface area contributed by atoms with Crippen LogP contribution in [0, 0.1) is 20.8 Å². The van der Waals surface area contributed by atoms with Gasteiger partial charge in [-0.3, -0.25) is 4.79 Å². The molecule has 0 aliphatic carbocycles. The third-order valence-electron chi connectivity index (χ3n) is 5.02. The first-order valence-corrected chi connectivity index (χ1v) is 10.1. The third kappa shape index (κ3) is 5.26. The molecule has 0 aromatic heterocycles. The normalized spacial score (nSPS) is 13.0. The zero-order valence-corrected chi connectivity index (χ0v) is 17.5. The minimum atomic E-state index is -0.113. The third-order valence-corrected chi connectivity index (χ3v) is 5.53. The number of hydrogen-bond acceptors (Lipinski definition) is 2. The molecule has 3 aromatic carbocycles. The Morgan fingerprint density at radius 1 is 0.750 bits per heavy atom. The minimum absolute atomic E-state index is 0.0326. The van der Waals surface area contributed by atoms with E-state index in [1.54, 1.807) is 0 Å². The number of nitrogens with one attached hydrogen (secondary N) is 1. The van der Waals surface area contributed by atoms with Gasteiger partial charge < -0.3 is 5.32 Å². The molecule has 0 radical (unpaired) electrons. The second-order valence-electron chi connectivity index (χ2n) is 7.46. The lowest BCUT2D eigenvalue weighted by molar-refractivity contribution is 0.0934. The summed E-state index contributed by atoms with van der Waals surface area (Å²) in [5.41, 5.74) is 6.50. The number of benzene rings is 3. The molecule has 1 N–H and O–H groups in total. The zero-order valence-electron chi connectivity index (χ0n) is 16.6. The Labute approximate surface area is 173 Å². The van der Waals surface area contributed by atoms with Gasteiger partial charge in [0, 0.05) is 10.8 Å². The SMILES string of the molecule is Cc1ccc(C(=O)N[C@H](C[C@H](S)c2ccc(C)cc2)c2ccc(C)cc2)cc1. The molecule has 3 rings (SSSR count). The van der Waals surface area contributed by atoms with E-state index in [9.17, 15) is 4.79 Å². The van der Waals surface area contributed by atoms with Crippen molar-refractivity contribution in [3.05, 3.63) is 106 Å². The zero-order chi connectivity index (χ0) is 20.1. The van der Waals surface area contributed by atoms with E-state index in [-0.39, 0.29) is 17.2 Å². The maximum atomic E-state index is 12.8. The minimum Gasteiger partial charge on any atom is -0.345 e. The number of hydrogen-bond donors (Lipinski definition) is 2. The van der Waals surface area contributed by atoms with E-state index in [1.165, 1.54) is 11.1 Å². The molecular formula is C25H27NOS. The highest BCUT2D eigenvalue weighted by atomic mass is 32.1. The van der Waals surface area contributed by atoms with Gasteiger partial charge in [0.1, 0.15) is 0 Å². The first-order valence-electron chi connectivity index (χ1n) is 9.61. The van der Waals surface area contributed by atoms with Gasteiger partial charge in [-0.15, -0.1) is 0 Å². The second kappa shape index (κ2) is 9.11. The summed E-state index contributed by atoms with van der Waals surface area (Å²) in [6, 6.07) is 24.3. The van der Waals surface area contributed by atoms with E-state index in [1.807, 2.05) is 31.2 Å². The molecule has 3 aromatic rings.